The van der Waals surface area contributed by atoms with E-state index in [1.165, 1.54) is 43.7 Å². The maximum atomic E-state index is 2.25. The van der Waals surface area contributed by atoms with Crippen molar-refractivity contribution in [1.82, 2.24) is 0 Å². The third-order valence-corrected chi connectivity index (χ3v) is 5.43. The molecule has 0 aliphatic heterocycles. The Bertz CT molecular complexity index is 1000. The van der Waals surface area contributed by atoms with Crippen molar-refractivity contribution in [2.75, 3.05) is 20.4 Å². The quantitative estimate of drug-likeness (QED) is 0.588. The summed E-state index contributed by atoms with van der Waals surface area (Å²) in [5.41, 5.74) is 6.65. The van der Waals surface area contributed by atoms with E-state index in [1.54, 1.807) is 0 Å². The average molecular weight is 330 g/mol. The molecule has 0 atom stereocenters. The minimum absolute atomic E-state index is 1.29. The third-order valence-electron chi connectivity index (χ3n) is 4.60. The molecule has 0 bridgehead atoms. The number of allylic oxidation sites excluding steroid dienone is 1. The van der Waals surface area contributed by atoms with E-state index in [2.05, 4.69) is 91.7 Å². The Labute approximate surface area is 147 Å². The van der Waals surface area contributed by atoms with Crippen LogP contribution in [0, 0.1) is 0 Å². The molecule has 0 spiro atoms. The predicted octanol–water partition coefficient (Wildman–Crippen LogP) is 5.15. The summed E-state index contributed by atoms with van der Waals surface area (Å²) in [6, 6.07) is 24.0. The molecule has 0 fully saturated rings. The molecule has 0 amide bonds. The molecule has 24 heavy (non-hydrogen) atoms. The van der Waals surface area contributed by atoms with Crippen LogP contribution in [0.4, 0.5) is 0 Å². The molecule has 0 radical (unpaired) electrons. The lowest BCUT2D eigenvalue weighted by atomic mass is 9.95. The molecule has 1 aliphatic rings. The standard InChI is InChI=1S/C22H20NS/c1-23(2)21-18-12-6-7-13-19(18)22(24-3)20(21)17-14-8-10-15-9-4-5-11-16(15)17/h4-14H,1-3H3/q+1. The summed E-state index contributed by atoms with van der Waals surface area (Å²) in [5.74, 6) is 0. The van der Waals surface area contributed by atoms with Gasteiger partial charge in [-0.25, -0.2) is 4.58 Å². The highest BCUT2D eigenvalue weighted by Gasteiger charge is 2.33. The van der Waals surface area contributed by atoms with Crippen LogP contribution >= 0.6 is 11.8 Å². The summed E-state index contributed by atoms with van der Waals surface area (Å²) in [6.45, 7) is 0. The molecule has 3 aromatic carbocycles. The Balaban J connectivity index is 2.11. The topological polar surface area (TPSA) is 3.01 Å². The monoisotopic (exact) mass is 330 g/mol. The first kappa shape index (κ1) is 15.2. The number of fused-ring (bicyclic) bond motifs is 2. The summed E-state index contributed by atoms with van der Waals surface area (Å²) in [6.07, 6.45) is 2.18. The highest BCUT2D eigenvalue weighted by atomic mass is 32.2. The molecule has 0 saturated carbocycles. The van der Waals surface area contributed by atoms with E-state index in [-0.39, 0.29) is 0 Å². The van der Waals surface area contributed by atoms with E-state index in [4.69, 9.17) is 0 Å². The smallest absolute Gasteiger partial charge is 0.216 e. The van der Waals surface area contributed by atoms with Crippen LogP contribution < -0.4 is 0 Å². The summed E-state index contributed by atoms with van der Waals surface area (Å²) in [5, 5.41) is 2.60. The van der Waals surface area contributed by atoms with Gasteiger partial charge in [-0.2, -0.15) is 0 Å². The number of benzene rings is 3. The lowest BCUT2D eigenvalue weighted by Gasteiger charge is -2.10. The van der Waals surface area contributed by atoms with Gasteiger partial charge in [-0.15, -0.1) is 11.8 Å². The Hall–Kier alpha value is -2.32. The molecule has 3 aromatic rings. The summed E-state index contributed by atoms with van der Waals surface area (Å²) >= 11 is 1.84. The number of thioether (sulfide) groups is 1. The van der Waals surface area contributed by atoms with Crippen LogP contribution in [0.1, 0.15) is 16.7 Å². The molecule has 0 N–H and O–H groups in total. The number of hydrogen-bond acceptors (Lipinski definition) is 1. The number of rotatable bonds is 2. The van der Waals surface area contributed by atoms with Crippen LogP contribution in [0.5, 0.6) is 0 Å². The number of hydrogen-bond donors (Lipinski definition) is 0. The zero-order valence-corrected chi connectivity index (χ0v) is 15.0. The highest BCUT2D eigenvalue weighted by molar-refractivity contribution is 8.08. The van der Waals surface area contributed by atoms with Crippen molar-refractivity contribution in [3.8, 4) is 0 Å². The van der Waals surface area contributed by atoms with E-state index >= 15 is 0 Å². The van der Waals surface area contributed by atoms with Crippen molar-refractivity contribution in [1.29, 1.82) is 0 Å². The van der Waals surface area contributed by atoms with Crippen LogP contribution in [-0.4, -0.2) is 30.6 Å². The maximum absolute atomic E-state index is 2.25. The second-order valence-corrected chi connectivity index (χ2v) is 7.04. The maximum Gasteiger partial charge on any atom is 0.216 e. The molecule has 1 nitrogen and oxygen atoms in total. The molecule has 1 aliphatic carbocycles. The molecule has 0 unspecified atom stereocenters. The molecule has 118 valence electrons. The first-order valence-electron chi connectivity index (χ1n) is 8.13. The Kier molecular flexibility index (Phi) is 3.78. The molecular weight excluding hydrogens is 310 g/mol. The third kappa shape index (κ3) is 2.22. The van der Waals surface area contributed by atoms with Crippen LogP contribution in [0.15, 0.2) is 66.7 Å². The first-order chi connectivity index (χ1) is 11.7. The van der Waals surface area contributed by atoms with Crippen molar-refractivity contribution >= 4 is 38.7 Å². The van der Waals surface area contributed by atoms with Gasteiger partial charge in [0.1, 0.15) is 14.1 Å². The van der Waals surface area contributed by atoms with E-state index in [0.717, 1.165) is 0 Å². The van der Waals surface area contributed by atoms with Crippen molar-refractivity contribution in [2.24, 2.45) is 0 Å². The predicted molar refractivity (Wildman–Crippen MR) is 107 cm³/mol. The largest absolute Gasteiger partial charge is 0.234 e. The van der Waals surface area contributed by atoms with Crippen LogP contribution in [0.25, 0.3) is 21.3 Å². The van der Waals surface area contributed by atoms with E-state index in [1.807, 2.05) is 11.8 Å². The SMILES string of the molecule is CSC1=C(c2cccc3ccccc23)C(=[N+](C)C)c2ccccc21. The van der Waals surface area contributed by atoms with Gasteiger partial charge in [-0.05, 0) is 28.7 Å². The molecule has 2 heteroatoms. The lowest BCUT2D eigenvalue weighted by Crippen LogP contribution is -2.14. The van der Waals surface area contributed by atoms with E-state index < -0.39 is 0 Å². The highest BCUT2D eigenvalue weighted by Crippen LogP contribution is 2.45. The van der Waals surface area contributed by atoms with Gasteiger partial charge in [0, 0.05) is 10.5 Å². The van der Waals surface area contributed by atoms with Gasteiger partial charge in [0.2, 0.25) is 5.71 Å². The van der Waals surface area contributed by atoms with Gasteiger partial charge in [-0.1, -0.05) is 60.7 Å². The zero-order valence-electron chi connectivity index (χ0n) is 14.2. The minimum Gasteiger partial charge on any atom is -0.234 e. The summed E-state index contributed by atoms with van der Waals surface area (Å²) < 4.78 is 2.25. The molecule has 4 rings (SSSR count). The van der Waals surface area contributed by atoms with Gasteiger partial charge < -0.3 is 0 Å². The van der Waals surface area contributed by atoms with Gasteiger partial charge >= 0.3 is 0 Å². The van der Waals surface area contributed by atoms with Crippen LogP contribution in [-0.2, 0) is 0 Å². The van der Waals surface area contributed by atoms with Crippen molar-refractivity contribution in [2.45, 2.75) is 0 Å². The van der Waals surface area contributed by atoms with Gasteiger partial charge in [0.25, 0.3) is 0 Å². The minimum atomic E-state index is 1.29. The fourth-order valence-corrected chi connectivity index (χ4v) is 4.44. The lowest BCUT2D eigenvalue weighted by molar-refractivity contribution is -0.462. The van der Waals surface area contributed by atoms with E-state index in [0.29, 0.717) is 0 Å². The second kappa shape index (κ2) is 5.95. The van der Waals surface area contributed by atoms with Crippen LogP contribution in [0.3, 0.4) is 0 Å². The van der Waals surface area contributed by atoms with E-state index in [9.17, 15) is 0 Å². The van der Waals surface area contributed by atoms with Crippen molar-refractivity contribution in [3.05, 3.63) is 83.4 Å². The Morgan fingerprint density at radius 1 is 0.708 bits per heavy atom. The van der Waals surface area contributed by atoms with Gasteiger partial charge in [0.05, 0.1) is 11.1 Å². The molecule has 0 heterocycles. The Morgan fingerprint density at radius 3 is 2.08 bits per heavy atom. The molecule has 0 aromatic heterocycles. The fraction of sp³-hybridized carbons (Fsp3) is 0.136. The fourth-order valence-electron chi connectivity index (χ4n) is 3.63. The van der Waals surface area contributed by atoms with Gasteiger partial charge in [0.15, 0.2) is 0 Å². The first-order valence-corrected chi connectivity index (χ1v) is 9.35. The second-order valence-electron chi connectivity index (χ2n) is 6.22. The number of nitrogens with zero attached hydrogens (tertiary/aromatic N) is 1. The molecular formula is C22H20NS+. The van der Waals surface area contributed by atoms with Crippen LogP contribution in [0.2, 0.25) is 0 Å². The van der Waals surface area contributed by atoms with Gasteiger partial charge in [-0.3, -0.25) is 0 Å². The Morgan fingerprint density at radius 2 is 1.33 bits per heavy atom. The summed E-state index contributed by atoms with van der Waals surface area (Å²) in [4.78, 5) is 1.37. The normalized spacial score (nSPS) is 13.5. The summed E-state index contributed by atoms with van der Waals surface area (Å²) in [7, 11) is 4.28. The van der Waals surface area contributed by atoms with Crippen molar-refractivity contribution in [3.63, 3.8) is 0 Å². The molecule has 0 saturated heterocycles. The average Bonchev–Trinajstić information content (AvgIpc) is 2.95. The zero-order chi connectivity index (χ0) is 16.7. The van der Waals surface area contributed by atoms with Crippen molar-refractivity contribution < 1.29 is 4.58 Å².